The zero-order chi connectivity index (χ0) is 13.7. The molecule has 0 saturated heterocycles. The molecule has 0 radical (unpaired) electrons. The minimum atomic E-state index is -0.838. The van der Waals surface area contributed by atoms with E-state index < -0.39 is 11.0 Å². The van der Waals surface area contributed by atoms with Crippen LogP contribution in [0.5, 0.6) is 5.75 Å². The molecule has 0 aliphatic heterocycles. The van der Waals surface area contributed by atoms with Gasteiger partial charge in [-0.2, -0.15) is 0 Å². The van der Waals surface area contributed by atoms with E-state index in [0.717, 1.165) is 0 Å². The summed E-state index contributed by atoms with van der Waals surface area (Å²) in [5.74, 6) is 0.431. The monoisotopic (exact) mass is 255 g/mol. The van der Waals surface area contributed by atoms with E-state index in [1.165, 1.54) is 25.1 Å². The SMILES string of the molecule is COCC(C)Oc1ccc([N+](=O)[O-])cc1[C@@H](C)O. The highest BCUT2D eigenvalue weighted by Crippen LogP contribution is 2.29. The first-order valence-electron chi connectivity index (χ1n) is 5.57. The van der Waals surface area contributed by atoms with Crippen LogP contribution in [0.4, 0.5) is 5.69 Å². The molecule has 0 saturated carbocycles. The third-order valence-corrected chi connectivity index (χ3v) is 2.38. The van der Waals surface area contributed by atoms with E-state index >= 15 is 0 Å². The Morgan fingerprint density at radius 1 is 1.44 bits per heavy atom. The lowest BCUT2D eigenvalue weighted by molar-refractivity contribution is -0.385. The summed E-state index contributed by atoms with van der Waals surface area (Å²) >= 11 is 0. The van der Waals surface area contributed by atoms with Crippen molar-refractivity contribution in [2.75, 3.05) is 13.7 Å². The quantitative estimate of drug-likeness (QED) is 0.621. The molecule has 2 atom stereocenters. The lowest BCUT2D eigenvalue weighted by atomic mass is 10.1. The van der Waals surface area contributed by atoms with Crippen LogP contribution >= 0.6 is 0 Å². The summed E-state index contributed by atoms with van der Waals surface area (Å²) in [6, 6.07) is 4.16. The molecule has 0 bridgehead atoms. The molecule has 1 rings (SSSR count). The highest BCUT2D eigenvalue weighted by molar-refractivity contribution is 5.44. The second kappa shape index (κ2) is 6.32. The van der Waals surface area contributed by atoms with Crippen molar-refractivity contribution >= 4 is 5.69 Å². The largest absolute Gasteiger partial charge is 0.488 e. The van der Waals surface area contributed by atoms with Crippen LogP contribution in [-0.4, -0.2) is 29.9 Å². The van der Waals surface area contributed by atoms with Gasteiger partial charge in [-0.15, -0.1) is 0 Å². The average Bonchev–Trinajstić information content (AvgIpc) is 2.29. The fourth-order valence-electron chi connectivity index (χ4n) is 1.57. The minimum Gasteiger partial charge on any atom is -0.488 e. The number of hydrogen-bond acceptors (Lipinski definition) is 5. The first-order chi connectivity index (χ1) is 8.45. The van der Waals surface area contributed by atoms with Gasteiger partial charge in [-0.3, -0.25) is 10.1 Å². The fourth-order valence-corrected chi connectivity index (χ4v) is 1.57. The van der Waals surface area contributed by atoms with Crippen molar-refractivity contribution in [1.29, 1.82) is 0 Å². The van der Waals surface area contributed by atoms with Crippen LogP contribution in [0, 0.1) is 10.1 Å². The van der Waals surface area contributed by atoms with Gasteiger partial charge in [0.25, 0.3) is 5.69 Å². The second-order valence-electron chi connectivity index (χ2n) is 4.04. The van der Waals surface area contributed by atoms with E-state index in [0.29, 0.717) is 17.9 Å². The van der Waals surface area contributed by atoms with E-state index in [4.69, 9.17) is 9.47 Å². The Balaban J connectivity index is 3.00. The van der Waals surface area contributed by atoms with Gasteiger partial charge in [0.2, 0.25) is 0 Å². The summed E-state index contributed by atoms with van der Waals surface area (Å²) < 4.78 is 10.5. The van der Waals surface area contributed by atoms with Gasteiger partial charge in [0.15, 0.2) is 0 Å². The standard InChI is InChI=1S/C12H17NO5/c1-8(7-17-3)18-12-5-4-10(13(15)16)6-11(12)9(2)14/h4-6,8-9,14H,7H2,1-3H3/t8?,9-/m1/s1. The molecule has 1 N–H and O–H groups in total. The summed E-state index contributed by atoms with van der Waals surface area (Å²) in [5.41, 5.74) is 0.324. The van der Waals surface area contributed by atoms with Gasteiger partial charge in [0, 0.05) is 24.8 Å². The first-order valence-corrected chi connectivity index (χ1v) is 5.57. The third kappa shape index (κ3) is 3.68. The molecule has 1 aromatic carbocycles. The van der Waals surface area contributed by atoms with Crippen LogP contribution in [0.3, 0.4) is 0 Å². The van der Waals surface area contributed by atoms with Crippen molar-refractivity contribution in [3.05, 3.63) is 33.9 Å². The van der Waals surface area contributed by atoms with E-state index in [2.05, 4.69) is 0 Å². The molecule has 0 amide bonds. The number of benzene rings is 1. The molecule has 1 unspecified atom stereocenters. The van der Waals surface area contributed by atoms with Crippen LogP contribution in [0.1, 0.15) is 25.5 Å². The maximum atomic E-state index is 10.7. The van der Waals surface area contributed by atoms with Crippen molar-refractivity contribution in [1.82, 2.24) is 0 Å². The van der Waals surface area contributed by atoms with Gasteiger partial charge >= 0.3 is 0 Å². The number of ether oxygens (including phenoxy) is 2. The summed E-state index contributed by atoms with van der Waals surface area (Å²) in [6.45, 7) is 3.75. The van der Waals surface area contributed by atoms with Gasteiger partial charge in [0.1, 0.15) is 11.9 Å². The molecule has 100 valence electrons. The normalized spacial score (nSPS) is 14.0. The van der Waals surface area contributed by atoms with Gasteiger partial charge in [-0.1, -0.05) is 0 Å². The predicted molar refractivity (Wildman–Crippen MR) is 65.7 cm³/mol. The number of aliphatic hydroxyl groups excluding tert-OH is 1. The molecular weight excluding hydrogens is 238 g/mol. The Morgan fingerprint density at radius 2 is 2.11 bits per heavy atom. The zero-order valence-electron chi connectivity index (χ0n) is 10.6. The molecule has 0 heterocycles. The number of non-ortho nitro benzene ring substituents is 1. The number of nitro groups is 1. The van der Waals surface area contributed by atoms with E-state index in [1.54, 1.807) is 7.11 Å². The number of nitrogens with zero attached hydrogens (tertiary/aromatic N) is 1. The Kier molecular flexibility index (Phi) is 5.06. The van der Waals surface area contributed by atoms with Crippen LogP contribution in [-0.2, 0) is 4.74 Å². The Labute approximate surface area is 105 Å². The highest BCUT2D eigenvalue weighted by Gasteiger charge is 2.16. The molecule has 0 aliphatic rings. The molecular formula is C12H17NO5. The third-order valence-electron chi connectivity index (χ3n) is 2.38. The van der Waals surface area contributed by atoms with E-state index in [9.17, 15) is 15.2 Å². The molecule has 1 aromatic rings. The number of rotatable bonds is 6. The molecule has 0 fully saturated rings. The minimum absolute atomic E-state index is 0.0716. The molecule has 0 aliphatic carbocycles. The Hall–Kier alpha value is -1.66. The fraction of sp³-hybridized carbons (Fsp3) is 0.500. The van der Waals surface area contributed by atoms with Gasteiger partial charge in [0.05, 0.1) is 17.6 Å². The predicted octanol–water partition coefficient (Wildman–Crippen LogP) is 2.06. The van der Waals surface area contributed by atoms with E-state index in [-0.39, 0.29) is 11.8 Å². The molecule has 0 spiro atoms. The number of nitro benzene ring substituents is 1. The lowest BCUT2D eigenvalue weighted by Gasteiger charge is -2.17. The van der Waals surface area contributed by atoms with Crippen LogP contribution in [0.2, 0.25) is 0 Å². The maximum Gasteiger partial charge on any atom is 0.270 e. The van der Waals surface area contributed by atoms with Crippen molar-refractivity contribution in [3.8, 4) is 5.75 Å². The highest BCUT2D eigenvalue weighted by atomic mass is 16.6. The average molecular weight is 255 g/mol. The summed E-state index contributed by atoms with van der Waals surface area (Å²) in [4.78, 5) is 10.2. The smallest absolute Gasteiger partial charge is 0.270 e. The summed E-state index contributed by atoms with van der Waals surface area (Å²) in [7, 11) is 1.56. The Bertz CT molecular complexity index is 419. The van der Waals surface area contributed by atoms with Crippen molar-refractivity contribution < 1.29 is 19.5 Å². The van der Waals surface area contributed by atoms with Crippen molar-refractivity contribution in [2.45, 2.75) is 26.1 Å². The summed E-state index contributed by atoms with van der Waals surface area (Å²) in [6.07, 6.45) is -1.04. The first kappa shape index (κ1) is 14.4. The van der Waals surface area contributed by atoms with Gasteiger partial charge < -0.3 is 14.6 Å². The molecule has 0 aromatic heterocycles. The van der Waals surface area contributed by atoms with Crippen molar-refractivity contribution in [3.63, 3.8) is 0 Å². The number of hydrogen-bond donors (Lipinski definition) is 1. The lowest BCUT2D eigenvalue weighted by Crippen LogP contribution is -2.19. The Morgan fingerprint density at radius 3 is 2.61 bits per heavy atom. The topological polar surface area (TPSA) is 81.8 Å². The van der Waals surface area contributed by atoms with Crippen LogP contribution in [0.25, 0.3) is 0 Å². The molecule has 6 heteroatoms. The number of methoxy groups -OCH3 is 1. The zero-order valence-corrected chi connectivity index (χ0v) is 10.6. The van der Waals surface area contributed by atoms with Gasteiger partial charge in [-0.25, -0.2) is 0 Å². The summed E-state index contributed by atoms with van der Waals surface area (Å²) in [5, 5.41) is 20.3. The van der Waals surface area contributed by atoms with Crippen LogP contribution in [0.15, 0.2) is 18.2 Å². The second-order valence-corrected chi connectivity index (χ2v) is 4.04. The van der Waals surface area contributed by atoms with Gasteiger partial charge in [-0.05, 0) is 19.9 Å². The molecule has 6 nitrogen and oxygen atoms in total. The van der Waals surface area contributed by atoms with E-state index in [1.807, 2.05) is 6.92 Å². The van der Waals surface area contributed by atoms with Crippen LogP contribution < -0.4 is 4.74 Å². The van der Waals surface area contributed by atoms with Crippen molar-refractivity contribution in [2.24, 2.45) is 0 Å². The number of aliphatic hydroxyl groups is 1. The molecule has 18 heavy (non-hydrogen) atoms. The maximum absolute atomic E-state index is 10.7.